The normalized spacial score (nSPS) is 17.6. The lowest BCUT2D eigenvalue weighted by atomic mass is 10.0. The van der Waals surface area contributed by atoms with Gasteiger partial charge in [0.2, 0.25) is 5.79 Å². The first-order chi connectivity index (χ1) is 9.09. The van der Waals surface area contributed by atoms with Crippen molar-refractivity contribution in [2.45, 2.75) is 12.2 Å². The molecule has 1 aliphatic rings. The lowest BCUT2D eigenvalue weighted by Gasteiger charge is -2.34. The van der Waals surface area contributed by atoms with Crippen LogP contribution in [0.3, 0.4) is 0 Å². The summed E-state index contributed by atoms with van der Waals surface area (Å²) in [5.74, 6) is 0.142. The number of ether oxygens (including phenoxy) is 3. The lowest BCUT2D eigenvalue weighted by Crippen LogP contribution is -2.40. The second-order valence-corrected chi connectivity index (χ2v) is 4.12. The average molecular weight is 264 g/mol. The molecule has 0 radical (unpaired) electrons. The molecule has 1 aliphatic carbocycles. The number of methoxy groups -OCH3 is 2. The van der Waals surface area contributed by atoms with E-state index in [4.69, 9.17) is 14.2 Å². The third-order valence-electron chi connectivity index (χ3n) is 2.94. The van der Waals surface area contributed by atoms with Crippen LogP contribution in [0.1, 0.15) is 6.42 Å². The Morgan fingerprint density at radius 1 is 1.00 bits per heavy atom. The van der Waals surface area contributed by atoms with E-state index in [1.807, 2.05) is 0 Å². The molecule has 0 amide bonds. The van der Waals surface area contributed by atoms with Crippen molar-refractivity contribution in [3.63, 3.8) is 0 Å². The molecule has 0 aliphatic heterocycles. The molecule has 0 bridgehead atoms. The van der Waals surface area contributed by atoms with Crippen LogP contribution >= 0.6 is 0 Å². The monoisotopic (exact) mass is 264 g/mol. The topological polar surface area (TPSA) is 68.2 Å². The summed E-state index contributed by atoms with van der Waals surface area (Å²) >= 11 is 0. The van der Waals surface area contributed by atoms with E-state index in [0.29, 0.717) is 11.5 Å². The third-order valence-corrected chi connectivity index (χ3v) is 2.94. The molecule has 0 atom stereocenters. The van der Waals surface area contributed by atoms with Gasteiger partial charge in [-0.3, -0.25) is 0 Å². The van der Waals surface area contributed by atoms with E-state index in [1.165, 1.54) is 32.4 Å². The highest BCUT2D eigenvalue weighted by Gasteiger charge is 2.40. The molecule has 2 N–H and O–H groups in total. The summed E-state index contributed by atoms with van der Waals surface area (Å²) in [5.41, 5.74) is 0. The molecule has 102 valence electrons. The van der Waals surface area contributed by atoms with Gasteiger partial charge in [-0.25, -0.2) is 0 Å². The summed E-state index contributed by atoms with van der Waals surface area (Å²) in [6.07, 6.45) is 3.30. The molecule has 1 aromatic carbocycles. The zero-order chi connectivity index (χ0) is 13.9. The number of aromatic hydroxyl groups is 1. The van der Waals surface area contributed by atoms with Crippen molar-refractivity contribution in [3.05, 3.63) is 47.9 Å². The highest BCUT2D eigenvalue weighted by atomic mass is 16.7. The Labute approximate surface area is 111 Å². The maximum Gasteiger partial charge on any atom is 0.235 e. The van der Waals surface area contributed by atoms with E-state index in [0.717, 1.165) is 0 Å². The van der Waals surface area contributed by atoms with E-state index >= 15 is 0 Å². The molecule has 19 heavy (non-hydrogen) atoms. The first-order valence-corrected chi connectivity index (χ1v) is 5.77. The van der Waals surface area contributed by atoms with Crippen molar-refractivity contribution in [2.24, 2.45) is 0 Å². The van der Waals surface area contributed by atoms with Crippen molar-refractivity contribution >= 4 is 0 Å². The molecular formula is C14H16O5. The quantitative estimate of drug-likeness (QED) is 0.818. The van der Waals surface area contributed by atoms with Crippen molar-refractivity contribution in [1.82, 2.24) is 0 Å². The fourth-order valence-corrected chi connectivity index (χ4v) is 1.87. The molecule has 0 saturated heterocycles. The molecule has 0 heterocycles. The summed E-state index contributed by atoms with van der Waals surface area (Å²) in [4.78, 5) is 0. The number of allylic oxidation sites excluding steroid dienone is 2. The van der Waals surface area contributed by atoms with Crippen molar-refractivity contribution in [3.8, 4) is 11.5 Å². The third kappa shape index (κ3) is 2.72. The summed E-state index contributed by atoms with van der Waals surface area (Å²) in [5, 5.41) is 18.8. The molecule has 0 fully saturated rings. The van der Waals surface area contributed by atoms with Gasteiger partial charge in [-0.05, 0) is 36.4 Å². The maximum absolute atomic E-state index is 9.60. The Morgan fingerprint density at radius 2 is 1.63 bits per heavy atom. The summed E-state index contributed by atoms with van der Waals surface area (Å²) in [7, 11) is 2.96. The zero-order valence-electron chi connectivity index (χ0n) is 10.8. The van der Waals surface area contributed by atoms with Gasteiger partial charge in [-0.1, -0.05) is 0 Å². The smallest absolute Gasteiger partial charge is 0.235 e. The van der Waals surface area contributed by atoms with Crippen molar-refractivity contribution in [2.75, 3.05) is 14.2 Å². The van der Waals surface area contributed by atoms with E-state index in [9.17, 15) is 10.2 Å². The van der Waals surface area contributed by atoms with Gasteiger partial charge in [0.25, 0.3) is 0 Å². The highest BCUT2D eigenvalue weighted by Crippen LogP contribution is 2.34. The van der Waals surface area contributed by atoms with E-state index in [-0.39, 0.29) is 17.9 Å². The molecule has 0 unspecified atom stereocenters. The fourth-order valence-electron chi connectivity index (χ4n) is 1.87. The summed E-state index contributed by atoms with van der Waals surface area (Å²) in [6.45, 7) is 0. The van der Waals surface area contributed by atoms with Crippen LogP contribution in [0.4, 0.5) is 0 Å². The highest BCUT2D eigenvalue weighted by molar-refractivity contribution is 5.34. The number of phenolic OH excluding ortho intramolecular Hbond substituents is 1. The number of benzene rings is 1. The van der Waals surface area contributed by atoms with Gasteiger partial charge in [0.1, 0.15) is 11.5 Å². The molecule has 2 rings (SSSR count). The van der Waals surface area contributed by atoms with E-state index < -0.39 is 5.79 Å². The number of hydrogen-bond donors (Lipinski definition) is 2. The zero-order valence-corrected chi connectivity index (χ0v) is 10.8. The van der Waals surface area contributed by atoms with E-state index in [1.54, 1.807) is 18.2 Å². The van der Waals surface area contributed by atoms with Crippen molar-refractivity contribution in [1.29, 1.82) is 0 Å². The van der Waals surface area contributed by atoms with Crippen LogP contribution in [0.2, 0.25) is 0 Å². The Balaban J connectivity index is 2.27. The molecule has 0 aromatic heterocycles. The minimum absolute atomic E-state index is 0.154. The summed E-state index contributed by atoms with van der Waals surface area (Å²) < 4.78 is 16.4. The maximum atomic E-state index is 9.60. The molecule has 0 spiro atoms. The minimum Gasteiger partial charge on any atom is -0.512 e. The van der Waals surface area contributed by atoms with Crippen LogP contribution in [0.5, 0.6) is 11.5 Å². The fraction of sp³-hybridized carbons (Fsp3) is 0.286. The Bertz CT molecular complexity index is 497. The standard InChI is InChI=1S/C14H16O5/c1-17-14(18-2)9-11(16)5-8-13(14)19-12-6-3-10(15)4-7-12/h3-8,15-16H,9H2,1-2H3. The van der Waals surface area contributed by atoms with Gasteiger partial charge in [0, 0.05) is 14.2 Å². The van der Waals surface area contributed by atoms with Crippen LogP contribution in [-0.2, 0) is 9.47 Å². The van der Waals surface area contributed by atoms with Gasteiger partial charge in [0.05, 0.1) is 12.2 Å². The predicted molar refractivity (Wildman–Crippen MR) is 68.9 cm³/mol. The largest absolute Gasteiger partial charge is 0.512 e. The second-order valence-electron chi connectivity index (χ2n) is 4.12. The predicted octanol–water partition coefficient (Wildman–Crippen LogP) is 2.49. The Morgan fingerprint density at radius 3 is 2.21 bits per heavy atom. The van der Waals surface area contributed by atoms with E-state index in [2.05, 4.69) is 0 Å². The van der Waals surface area contributed by atoms with Crippen LogP contribution in [0, 0.1) is 0 Å². The van der Waals surface area contributed by atoms with Crippen LogP contribution < -0.4 is 4.74 Å². The van der Waals surface area contributed by atoms with Gasteiger partial charge in [0.15, 0.2) is 5.76 Å². The second kappa shape index (κ2) is 5.34. The lowest BCUT2D eigenvalue weighted by molar-refractivity contribution is -0.197. The Hall–Kier alpha value is -1.98. The number of aliphatic hydroxyl groups is 1. The average Bonchev–Trinajstić information content (AvgIpc) is 2.43. The molecule has 5 heteroatoms. The molecular weight excluding hydrogens is 248 g/mol. The number of phenols is 1. The first-order valence-electron chi connectivity index (χ1n) is 5.77. The van der Waals surface area contributed by atoms with Crippen LogP contribution in [0.15, 0.2) is 47.9 Å². The molecule has 1 aromatic rings. The Kier molecular flexibility index (Phi) is 3.78. The molecule has 0 saturated carbocycles. The number of hydrogen-bond acceptors (Lipinski definition) is 5. The minimum atomic E-state index is -1.14. The first kappa shape index (κ1) is 13.5. The molecule has 5 nitrogen and oxygen atoms in total. The van der Waals surface area contributed by atoms with Crippen LogP contribution in [-0.4, -0.2) is 30.2 Å². The number of aliphatic hydroxyl groups excluding tert-OH is 1. The summed E-state index contributed by atoms with van der Waals surface area (Å²) in [6, 6.07) is 6.30. The van der Waals surface area contributed by atoms with Crippen molar-refractivity contribution < 1.29 is 24.4 Å². The van der Waals surface area contributed by atoms with Gasteiger partial charge < -0.3 is 24.4 Å². The van der Waals surface area contributed by atoms with Gasteiger partial charge in [-0.15, -0.1) is 0 Å². The SMILES string of the molecule is COC1(OC)CC(O)=CC=C1Oc1ccc(O)cc1. The number of rotatable bonds is 4. The van der Waals surface area contributed by atoms with Gasteiger partial charge >= 0.3 is 0 Å². The van der Waals surface area contributed by atoms with Crippen LogP contribution in [0.25, 0.3) is 0 Å². The van der Waals surface area contributed by atoms with Gasteiger partial charge in [-0.2, -0.15) is 0 Å².